The highest BCUT2D eigenvalue weighted by molar-refractivity contribution is 9.10. The first-order chi connectivity index (χ1) is 10.1. The van der Waals surface area contributed by atoms with Crippen molar-refractivity contribution in [3.63, 3.8) is 0 Å². The molecule has 116 valence electrons. The molecule has 21 heavy (non-hydrogen) atoms. The zero-order valence-electron chi connectivity index (χ0n) is 12.5. The molecular weight excluding hydrogens is 350 g/mol. The number of halogens is 1. The molecule has 2 rings (SSSR count). The van der Waals surface area contributed by atoms with Gasteiger partial charge in [-0.15, -0.1) is 11.8 Å². The second kappa shape index (κ2) is 7.65. The Hall–Kier alpha value is -0.520. The molecule has 1 aromatic carbocycles. The molecule has 1 aliphatic carbocycles. The van der Waals surface area contributed by atoms with Gasteiger partial charge >= 0.3 is 5.97 Å². The van der Waals surface area contributed by atoms with Crippen molar-refractivity contribution in [2.75, 3.05) is 13.2 Å². The van der Waals surface area contributed by atoms with E-state index >= 15 is 0 Å². The number of benzene rings is 1. The highest BCUT2D eigenvalue weighted by Crippen LogP contribution is 2.41. The Morgan fingerprint density at radius 1 is 1.52 bits per heavy atom. The summed E-state index contributed by atoms with van der Waals surface area (Å²) in [5.41, 5.74) is -0.492. The van der Waals surface area contributed by atoms with Crippen molar-refractivity contribution in [3.05, 3.63) is 28.7 Å². The molecule has 2 unspecified atom stereocenters. The summed E-state index contributed by atoms with van der Waals surface area (Å²) < 4.78 is 6.37. The SMILES string of the molecule is CCNC1(C(=O)OCC)CCC(Sc2cccc(Br)c2)C1. The summed E-state index contributed by atoms with van der Waals surface area (Å²) in [6, 6.07) is 8.32. The van der Waals surface area contributed by atoms with E-state index in [1.807, 2.05) is 37.7 Å². The summed E-state index contributed by atoms with van der Waals surface area (Å²) >= 11 is 5.35. The molecule has 1 fully saturated rings. The number of hydrogen-bond acceptors (Lipinski definition) is 4. The minimum atomic E-state index is -0.492. The van der Waals surface area contributed by atoms with Gasteiger partial charge in [0.1, 0.15) is 5.54 Å². The standard InChI is InChI=1S/C16H22BrNO2S/c1-3-18-16(15(19)20-4-2)9-8-14(11-16)21-13-7-5-6-12(17)10-13/h5-7,10,14,18H,3-4,8-9,11H2,1-2H3. The van der Waals surface area contributed by atoms with Crippen molar-refractivity contribution in [3.8, 4) is 0 Å². The van der Waals surface area contributed by atoms with E-state index in [4.69, 9.17) is 4.74 Å². The van der Waals surface area contributed by atoms with Crippen LogP contribution >= 0.6 is 27.7 Å². The predicted molar refractivity (Wildman–Crippen MR) is 90.7 cm³/mol. The van der Waals surface area contributed by atoms with Crippen molar-refractivity contribution in [2.24, 2.45) is 0 Å². The molecule has 1 aromatic rings. The number of likely N-dealkylation sites (N-methyl/N-ethyl adjacent to an activating group) is 1. The summed E-state index contributed by atoms with van der Waals surface area (Å²) in [6.07, 6.45) is 2.71. The van der Waals surface area contributed by atoms with Crippen LogP contribution in [0.5, 0.6) is 0 Å². The molecule has 0 aliphatic heterocycles. The first-order valence-electron chi connectivity index (χ1n) is 7.44. The molecule has 0 radical (unpaired) electrons. The third-order valence-corrected chi connectivity index (χ3v) is 5.50. The van der Waals surface area contributed by atoms with Crippen molar-refractivity contribution >= 4 is 33.7 Å². The van der Waals surface area contributed by atoms with Crippen molar-refractivity contribution < 1.29 is 9.53 Å². The first-order valence-corrected chi connectivity index (χ1v) is 9.11. The molecule has 1 saturated carbocycles. The topological polar surface area (TPSA) is 38.3 Å². The number of esters is 1. The largest absolute Gasteiger partial charge is 0.465 e. The quantitative estimate of drug-likeness (QED) is 0.766. The monoisotopic (exact) mass is 371 g/mol. The molecule has 0 bridgehead atoms. The molecule has 0 spiro atoms. The van der Waals surface area contributed by atoms with E-state index in [2.05, 4.69) is 33.4 Å². The Kier molecular flexibility index (Phi) is 6.14. The highest BCUT2D eigenvalue weighted by atomic mass is 79.9. The first kappa shape index (κ1) is 16.8. The molecular formula is C16H22BrNO2S. The molecule has 1 N–H and O–H groups in total. The van der Waals surface area contributed by atoms with Gasteiger partial charge in [0.25, 0.3) is 0 Å². The molecule has 5 heteroatoms. The lowest BCUT2D eigenvalue weighted by Gasteiger charge is -2.27. The van der Waals surface area contributed by atoms with Crippen LogP contribution in [0.3, 0.4) is 0 Å². The maximum Gasteiger partial charge on any atom is 0.326 e. The predicted octanol–water partition coefficient (Wildman–Crippen LogP) is 4.01. The molecule has 3 nitrogen and oxygen atoms in total. The minimum Gasteiger partial charge on any atom is -0.465 e. The van der Waals surface area contributed by atoms with Crippen LogP contribution in [0.25, 0.3) is 0 Å². The Balaban J connectivity index is 2.04. The summed E-state index contributed by atoms with van der Waals surface area (Å²) in [4.78, 5) is 13.5. The van der Waals surface area contributed by atoms with Crippen molar-refractivity contribution in [1.82, 2.24) is 5.32 Å². The van der Waals surface area contributed by atoms with Crippen LogP contribution in [0.15, 0.2) is 33.6 Å². The molecule has 0 saturated heterocycles. The van der Waals surface area contributed by atoms with Crippen LogP contribution in [0.2, 0.25) is 0 Å². The molecule has 1 aliphatic rings. The fourth-order valence-corrected chi connectivity index (χ4v) is 4.75. The average Bonchev–Trinajstić information content (AvgIpc) is 2.84. The number of ether oxygens (including phenoxy) is 1. The molecule has 2 atom stereocenters. The Labute approximate surface area is 139 Å². The van der Waals surface area contributed by atoms with Gasteiger partial charge in [0.05, 0.1) is 6.61 Å². The summed E-state index contributed by atoms with van der Waals surface area (Å²) in [6.45, 7) is 5.12. The van der Waals surface area contributed by atoms with E-state index in [1.165, 1.54) is 4.90 Å². The lowest BCUT2D eigenvalue weighted by Crippen LogP contribution is -2.51. The third kappa shape index (κ3) is 4.24. The Bertz CT molecular complexity index is 497. The van der Waals surface area contributed by atoms with Crippen LogP contribution in [0, 0.1) is 0 Å². The van der Waals surface area contributed by atoms with Gasteiger partial charge in [0.15, 0.2) is 0 Å². The van der Waals surface area contributed by atoms with Gasteiger partial charge in [-0.2, -0.15) is 0 Å². The Morgan fingerprint density at radius 3 is 3.00 bits per heavy atom. The van der Waals surface area contributed by atoms with E-state index in [1.54, 1.807) is 0 Å². The van der Waals surface area contributed by atoms with E-state index in [0.29, 0.717) is 11.9 Å². The lowest BCUT2D eigenvalue weighted by atomic mass is 9.98. The molecule has 0 amide bonds. The summed E-state index contributed by atoms with van der Waals surface area (Å²) in [5, 5.41) is 3.82. The Morgan fingerprint density at radius 2 is 2.33 bits per heavy atom. The van der Waals surface area contributed by atoms with Gasteiger partial charge < -0.3 is 10.1 Å². The third-order valence-electron chi connectivity index (χ3n) is 3.75. The van der Waals surface area contributed by atoms with E-state index in [-0.39, 0.29) is 5.97 Å². The van der Waals surface area contributed by atoms with Crippen LogP contribution in [0.4, 0.5) is 0 Å². The van der Waals surface area contributed by atoms with Crippen LogP contribution in [0.1, 0.15) is 33.1 Å². The average molecular weight is 372 g/mol. The number of rotatable bonds is 6. The molecule has 0 aromatic heterocycles. The van der Waals surface area contributed by atoms with Crippen LogP contribution in [-0.4, -0.2) is 29.9 Å². The van der Waals surface area contributed by atoms with Gasteiger partial charge in [-0.25, -0.2) is 0 Å². The zero-order chi connectivity index (χ0) is 15.3. The summed E-state index contributed by atoms with van der Waals surface area (Å²) in [7, 11) is 0. The van der Waals surface area contributed by atoms with Gasteiger partial charge in [-0.1, -0.05) is 28.9 Å². The van der Waals surface area contributed by atoms with E-state index in [0.717, 1.165) is 30.3 Å². The maximum atomic E-state index is 12.3. The van der Waals surface area contributed by atoms with Gasteiger partial charge in [-0.3, -0.25) is 4.79 Å². The zero-order valence-corrected chi connectivity index (χ0v) is 14.9. The van der Waals surface area contributed by atoms with Gasteiger partial charge in [0, 0.05) is 14.6 Å². The fourth-order valence-electron chi connectivity index (χ4n) is 2.86. The normalized spacial score (nSPS) is 25.0. The van der Waals surface area contributed by atoms with E-state index < -0.39 is 5.54 Å². The number of carbonyl (C=O) groups excluding carboxylic acids is 1. The maximum absolute atomic E-state index is 12.3. The second-order valence-electron chi connectivity index (χ2n) is 5.27. The van der Waals surface area contributed by atoms with Gasteiger partial charge in [-0.05, 0) is 50.9 Å². The molecule has 0 heterocycles. The minimum absolute atomic E-state index is 0.0933. The van der Waals surface area contributed by atoms with Gasteiger partial charge in [0.2, 0.25) is 0 Å². The van der Waals surface area contributed by atoms with Crippen molar-refractivity contribution in [2.45, 2.75) is 48.8 Å². The number of nitrogens with one attached hydrogen (secondary N) is 1. The van der Waals surface area contributed by atoms with Crippen LogP contribution < -0.4 is 5.32 Å². The summed E-state index contributed by atoms with van der Waals surface area (Å²) in [5.74, 6) is -0.0933. The fraction of sp³-hybridized carbons (Fsp3) is 0.562. The van der Waals surface area contributed by atoms with Crippen molar-refractivity contribution in [1.29, 1.82) is 0 Å². The van der Waals surface area contributed by atoms with Crippen LogP contribution in [-0.2, 0) is 9.53 Å². The highest BCUT2D eigenvalue weighted by Gasteiger charge is 2.46. The number of carbonyl (C=O) groups is 1. The lowest BCUT2D eigenvalue weighted by molar-refractivity contribution is -0.151. The second-order valence-corrected chi connectivity index (χ2v) is 7.56. The van der Waals surface area contributed by atoms with E-state index in [9.17, 15) is 4.79 Å². The smallest absolute Gasteiger partial charge is 0.326 e. The number of thioether (sulfide) groups is 1. The number of hydrogen-bond donors (Lipinski definition) is 1.